The molecule has 0 fully saturated rings. The summed E-state index contributed by atoms with van der Waals surface area (Å²) in [6, 6.07) is 8.76. The monoisotopic (exact) mass is 300 g/mol. The summed E-state index contributed by atoms with van der Waals surface area (Å²) in [5, 5.41) is 10.6. The predicted octanol–water partition coefficient (Wildman–Crippen LogP) is 4.91. The molecule has 1 N–H and O–H groups in total. The predicted molar refractivity (Wildman–Crippen MR) is 90.2 cm³/mol. The molecule has 2 heteroatoms. The Morgan fingerprint density at radius 3 is 2.76 bits per heavy atom. The molecule has 0 amide bonds. The maximum atomic E-state index is 10.6. The highest BCUT2D eigenvalue weighted by Crippen LogP contribution is 2.33. The van der Waals surface area contributed by atoms with E-state index in [0.717, 1.165) is 11.3 Å². The molecule has 1 aliphatic rings. The van der Waals surface area contributed by atoms with Crippen LogP contribution in [0.1, 0.15) is 57.4 Å². The average Bonchev–Trinajstić information content (AvgIpc) is 2.74. The van der Waals surface area contributed by atoms with E-state index >= 15 is 0 Å². The Balaban J connectivity index is 1.79. The quantitative estimate of drug-likeness (QED) is 0.799. The van der Waals surface area contributed by atoms with Crippen molar-refractivity contribution in [1.82, 2.24) is 0 Å². The third-order valence-corrected chi connectivity index (χ3v) is 5.85. The van der Waals surface area contributed by atoms with Gasteiger partial charge in [-0.05, 0) is 62.3 Å². The van der Waals surface area contributed by atoms with E-state index in [1.54, 1.807) is 0 Å². The highest BCUT2D eigenvalue weighted by atomic mass is 32.1. The molecule has 1 unspecified atom stereocenters. The highest BCUT2D eigenvalue weighted by molar-refractivity contribution is 7.12. The largest absolute Gasteiger partial charge is 0.387 e. The van der Waals surface area contributed by atoms with Crippen LogP contribution in [-0.2, 0) is 19.3 Å². The van der Waals surface area contributed by atoms with Gasteiger partial charge in [-0.25, -0.2) is 0 Å². The molecule has 1 atom stereocenters. The molecule has 1 aromatic heterocycles. The molecule has 0 aliphatic heterocycles. The number of benzene rings is 1. The molecule has 1 heterocycles. The topological polar surface area (TPSA) is 20.2 Å². The zero-order valence-corrected chi connectivity index (χ0v) is 13.8. The molecule has 0 bridgehead atoms. The van der Waals surface area contributed by atoms with Crippen LogP contribution in [-0.4, -0.2) is 5.11 Å². The third-order valence-electron chi connectivity index (χ3n) is 4.51. The van der Waals surface area contributed by atoms with Crippen LogP contribution < -0.4 is 0 Å². The normalized spacial score (nSPS) is 16.3. The fourth-order valence-corrected chi connectivity index (χ4v) is 4.43. The summed E-state index contributed by atoms with van der Waals surface area (Å²) in [4.78, 5) is 2.67. The van der Waals surface area contributed by atoms with Gasteiger partial charge in [0.05, 0.1) is 6.10 Å². The van der Waals surface area contributed by atoms with E-state index < -0.39 is 0 Å². The van der Waals surface area contributed by atoms with E-state index in [-0.39, 0.29) is 6.10 Å². The van der Waals surface area contributed by atoms with Crippen LogP contribution in [0.25, 0.3) is 0 Å². The Labute approximate surface area is 131 Å². The molecule has 21 heavy (non-hydrogen) atoms. The summed E-state index contributed by atoms with van der Waals surface area (Å²) in [7, 11) is 0. The molecule has 112 valence electrons. The Bertz CT molecular complexity index is 603. The van der Waals surface area contributed by atoms with Crippen LogP contribution in [0.15, 0.2) is 24.3 Å². The van der Waals surface area contributed by atoms with Gasteiger partial charge in [-0.1, -0.05) is 30.2 Å². The lowest BCUT2D eigenvalue weighted by Gasteiger charge is -2.12. The second-order valence-electron chi connectivity index (χ2n) is 6.31. The van der Waals surface area contributed by atoms with Crippen molar-refractivity contribution in [2.75, 3.05) is 0 Å². The van der Waals surface area contributed by atoms with Gasteiger partial charge in [-0.15, -0.1) is 11.3 Å². The first-order valence-corrected chi connectivity index (χ1v) is 8.81. The molecule has 0 saturated carbocycles. The lowest BCUT2D eigenvalue weighted by Crippen LogP contribution is -2.01. The van der Waals surface area contributed by atoms with Crippen LogP contribution in [0.2, 0.25) is 0 Å². The number of rotatable bonds is 3. The van der Waals surface area contributed by atoms with Crippen LogP contribution in [0.5, 0.6) is 0 Å². The summed E-state index contributed by atoms with van der Waals surface area (Å²) in [5.74, 6) is 0. The van der Waals surface area contributed by atoms with Crippen LogP contribution >= 0.6 is 11.3 Å². The van der Waals surface area contributed by atoms with Gasteiger partial charge in [0.2, 0.25) is 0 Å². The highest BCUT2D eigenvalue weighted by Gasteiger charge is 2.17. The standard InChI is InChI=1S/C19H24OS/c1-13-8-9-14(2)16(10-13)11-17(20)19-12-15-6-4-3-5-7-18(15)21-19/h8-10,12,17,20H,3-7,11H2,1-2H3. The van der Waals surface area contributed by atoms with E-state index in [1.165, 1.54) is 59.2 Å². The lowest BCUT2D eigenvalue weighted by molar-refractivity contribution is 0.182. The first-order chi connectivity index (χ1) is 10.1. The van der Waals surface area contributed by atoms with Crippen molar-refractivity contribution < 1.29 is 5.11 Å². The van der Waals surface area contributed by atoms with E-state index in [4.69, 9.17) is 0 Å². The second-order valence-corrected chi connectivity index (χ2v) is 7.48. The van der Waals surface area contributed by atoms with Crippen LogP contribution in [0, 0.1) is 13.8 Å². The summed E-state index contributed by atoms with van der Waals surface area (Å²) < 4.78 is 0. The molecule has 0 saturated heterocycles. The molecular weight excluding hydrogens is 276 g/mol. The van der Waals surface area contributed by atoms with Gasteiger partial charge in [0.25, 0.3) is 0 Å². The summed E-state index contributed by atoms with van der Waals surface area (Å²) >= 11 is 1.84. The number of aryl methyl sites for hydroxylation is 4. The zero-order chi connectivity index (χ0) is 14.8. The first kappa shape index (κ1) is 14.8. The van der Waals surface area contributed by atoms with Gasteiger partial charge in [0.15, 0.2) is 0 Å². The van der Waals surface area contributed by atoms with Crippen molar-refractivity contribution in [3.05, 3.63) is 56.3 Å². The minimum atomic E-state index is -0.359. The smallest absolute Gasteiger partial charge is 0.0922 e. The van der Waals surface area contributed by atoms with Crippen LogP contribution in [0.3, 0.4) is 0 Å². The van der Waals surface area contributed by atoms with Crippen molar-refractivity contribution >= 4 is 11.3 Å². The lowest BCUT2D eigenvalue weighted by atomic mass is 9.99. The van der Waals surface area contributed by atoms with Crippen molar-refractivity contribution in [1.29, 1.82) is 0 Å². The first-order valence-electron chi connectivity index (χ1n) is 7.99. The zero-order valence-electron chi connectivity index (χ0n) is 13.0. The van der Waals surface area contributed by atoms with E-state index in [0.29, 0.717) is 0 Å². The van der Waals surface area contributed by atoms with E-state index in [1.807, 2.05) is 11.3 Å². The van der Waals surface area contributed by atoms with Crippen LogP contribution in [0.4, 0.5) is 0 Å². The number of aliphatic hydroxyl groups excluding tert-OH is 1. The third kappa shape index (κ3) is 3.38. The number of thiophene rings is 1. The van der Waals surface area contributed by atoms with Crippen molar-refractivity contribution in [3.63, 3.8) is 0 Å². The van der Waals surface area contributed by atoms with Crippen molar-refractivity contribution in [2.45, 2.75) is 58.5 Å². The second kappa shape index (κ2) is 6.33. The fourth-order valence-electron chi connectivity index (χ4n) is 3.18. The molecular formula is C19H24OS. The summed E-state index contributed by atoms with van der Waals surface area (Å²) in [5.41, 5.74) is 5.31. The maximum Gasteiger partial charge on any atom is 0.0922 e. The summed E-state index contributed by atoms with van der Waals surface area (Å²) in [6.45, 7) is 4.24. The number of hydrogen-bond acceptors (Lipinski definition) is 2. The Morgan fingerprint density at radius 2 is 1.90 bits per heavy atom. The molecule has 0 spiro atoms. The molecule has 1 nitrogen and oxygen atoms in total. The van der Waals surface area contributed by atoms with Crippen molar-refractivity contribution in [2.24, 2.45) is 0 Å². The minimum absolute atomic E-state index is 0.359. The molecule has 1 aromatic carbocycles. The molecule has 0 radical (unpaired) electrons. The van der Waals surface area contributed by atoms with E-state index in [2.05, 4.69) is 38.1 Å². The molecule has 1 aliphatic carbocycles. The van der Waals surface area contributed by atoms with Gasteiger partial charge in [-0.2, -0.15) is 0 Å². The van der Waals surface area contributed by atoms with Crippen molar-refractivity contribution in [3.8, 4) is 0 Å². The number of hydrogen-bond donors (Lipinski definition) is 1. The molecule has 2 aromatic rings. The van der Waals surface area contributed by atoms with Gasteiger partial charge in [-0.3, -0.25) is 0 Å². The average molecular weight is 300 g/mol. The Kier molecular flexibility index (Phi) is 4.46. The Hall–Kier alpha value is -1.12. The fraction of sp³-hybridized carbons (Fsp3) is 0.474. The Morgan fingerprint density at radius 1 is 1.10 bits per heavy atom. The van der Waals surface area contributed by atoms with Gasteiger partial charge < -0.3 is 5.11 Å². The maximum absolute atomic E-state index is 10.6. The number of aliphatic hydroxyl groups is 1. The minimum Gasteiger partial charge on any atom is -0.387 e. The van der Waals surface area contributed by atoms with Gasteiger partial charge >= 0.3 is 0 Å². The van der Waals surface area contributed by atoms with E-state index in [9.17, 15) is 5.11 Å². The number of fused-ring (bicyclic) bond motifs is 1. The SMILES string of the molecule is Cc1ccc(C)c(CC(O)c2cc3c(s2)CCCCC3)c1. The van der Waals surface area contributed by atoms with Gasteiger partial charge in [0.1, 0.15) is 0 Å². The van der Waals surface area contributed by atoms with Gasteiger partial charge in [0, 0.05) is 16.2 Å². The summed E-state index contributed by atoms with van der Waals surface area (Å²) in [6.07, 6.45) is 6.73. The molecule has 3 rings (SSSR count).